The highest BCUT2D eigenvalue weighted by molar-refractivity contribution is 6.22. The van der Waals surface area contributed by atoms with Crippen molar-refractivity contribution >= 4 is 17.6 Å². The van der Waals surface area contributed by atoms with E-state index in [0.717, 1.165) is 16.8 Å². The highest BCUT2D eigenvalue weighted by Gasteiger charge is 2.52. The second-order valence-electron chi connectivity index (χ2n) is 8.95. The molecule has 0 spiro atoms. The van der Waals surface area contributed by atoms with Gasteiger partial charge in [-0.25, -0.2) is 9.69 Å². The maximum atomic E-state index is 13.4. The number of aromatic nitrogens is 3. The Kier molecular flexibility index (Phi) is 6.38. The van der Waals surface area contributed by atoms with Crippen LogP contribution in [0.25, 0.3) is 0 Å². The molecule has 184 valence electrons. The minimum atomic E-state index is -1.04. The number of ether oxygens (including phenoxy) is 2. The van der Waals surface area contributed by atoms with Crippen LogP contribution in [0.2, 0.25) is 0 Å². The summed E-state index contributed by atoms with van der Waals surface area (Å²) in [7, 11) is 1.53. The molecule has 1 saturated heterocycles. The van der Waals surface area contributed by atoms with Crippen molar-refractivity contribution in [3.05, 3.63) is 71.6 Å². The number of benzene rings is 1. The molecular formula is C25H29N5O5. The SMILES string of the molecule is C=C(COc1cccc(CN2C(=O)N(c3cnn(Cc4c(C)noc4C)c3)C(=O)C2(C)C)c1)OC. The van der Waals surface area contributed by atoms with Gasteiger partial charge in [0, 0.05) is 18.3 Å². The van der Waals surface area contributed by atoms with Gasteiger partial charge in [0.2, 0.25) is 0 Å². The average molecular weight is 480 g/mol. The summed E-state index contributed by atoms with van der Waals surface area (Å²) in [5.74, 6) is 1.51. The van der Waals surface area contributed by atoms with E-state index in [0.29, 0.717) is 29.5 Å². The number of amides is 3. The Morgan fingerprint density at radius 2 is 1.97 bits per heavy atom. The van der Waals surface area contributed by atoms with Crippen molar-refractivity contribution in [3.63, 3.8) is 0 Å². The molecule has 4 rings (SSSR count). The Bertz CT molecular complexity index is 1260. The third-order valence-corrected chi connectivity index (χ3v) is 6.13. The summed E-state index contributed by atoms with van der Waals surface area (Å²) < 4.78 is 17.6. The molecular weight excluding hydrogens is 450 g/mol. The zero-order valence-electron chi connectivity index (χ0n) is 20.6. The molecule has 1 fully saturated rings. The van der Waals surface area contributed by atoms with Crippen LogP contribution in [0.1, 0.15) is 36.4 Å². The van der Waals surface area contributed by atoms with E-state index in [9.17, 15) is 9.59 Å². The number of methoxy groups -OCH3 is 1. The van der Waals surface area contributed by atoms with E-state index in [-0.39, 0.29) is 19.1 Å². The van der Waals surface area contributed by atoms with Gasteiger partial charge < -0.3 is 18.9 Å². The molecule has 0 N–H and O–H groups in total. The molecule has 2 aromatic heterocycles. The van der Waals surface area contributed by atoms with Gasteiger partial charge in [-0.05, 0) is 45.4 Å². The highest BCUT2D eigenvalue weighted by atomic mass is 16.5. The first-order valence-corrected chi connectivity index (χ1v) is 11.2. The van der Waals surface area contributed by atoms with Crippen molar-refractivity contribution < 1.29 is 23.6 Å². The van der Waals surface area contributed by atoms with E-state index in [2.05, 4.69) is 16.8 Å². The molecule has 0 radical (unpaired) electrons. The number of hydrogen-bond acceptors (Lipinski definition) is 7. The van der Waals surface area contributed by atoms with Gasteiger partial charge in [0.15, 0.2) is 0 Å². The van der Waals surface area contributed by atoms with E-state index in [1.54, 1.807) is 29.6 Å². The van der Waals surface area contributed by atoms with Crippen molar-refractivity contribution in [2.75, 3.05) is 18.6 Å². The molecule has 0 saturated carbocycles. The molecule has 3 heterocycles. The first kappa shape index (κ1) is 24.1. The van der Waals surface area contributed by atoms with E-state index < -0.39 is 11.6 Å². The average Bonchev–Trinajstić information content (AvgIpc) is 3.46. The van der Waals surface area contributed by atoms with Gasteiger partial charge in [-0.2, -0.15) is 5.10 Å². The zero-order valence-corrected chi connectivity index (χ0v) is 20.6. The third kappa shape index (κ3) is 4.64. The molecule has 1 aromatic carbocycles. The molecule has 3 amide bonds. The number of nitrogens with zero attached hydrogens (tertiary/aromatic N) is 5. The van der Waals surface area contributed by atoms with Gasteiger partial charge in [-0.15, -0.1) is 0 Å². The number of hydrogen-bond donors (Lipinski definition) is 0. The summed E-state index contributed by atoms with van der Waals surface area (Å²) >= 11 is 0. The monoisotopic (exact) mass is 479 g/mol. The maximum Gasteiger partial charge on any atom is 0.332 e. The minimum Gasteiger partial charge on any atom is -0.498 e. The van der Waals surface area contributed by atoms with Gasteiger partial charge in [0.25, 0.3) is 5.91 Å². The molecule has 0 unspecified atom stereocenters. The van der Waals surface area contributed by atoms with Crippen LogP contribution in [0.15, 0.2) is 53.5 Å². The Labute approximate surface area is 203 Å². The number of aryl methyl sites for hydroxylation is 2. The van der Waals surface area contributed by atoms with Crippen LogP contribution in [0, 0.1) is 13.8 Å². The topological polar surface area (TPSA) is 103 Å². The lowest BCUT2D eigenvalue weighted by Gasteiger charge is -2.27. The largest absolute Gasteiger partial charge is 0.498 e. The molecule has 10 nitrogen and oxygen atoms in total. The Morgan fingerprint density at radius 3 is 2.66 bits per heavy atom. The Hall–Kier alpha value is -4.08. The summed E-state index contributed by atoms with van der Waals surface area (Å²) in [5.41, 5.74) is 1.89. The van der Waals surface area contributed by atoms with E-state index >= 15 is 0 Å². The predicted molar refractivity (Wildman–Crippen MR) is 128 cm³/mol. The van der Waals surface area contributed by atoms with Gasteiger partial charge in [0.1, 0.15) is 29.4 Å². The maximum absolute atomic E-state index is 13.4. The second kappa shape index (κ2) is 9.28. The molecule has 0 atom stereocenters. The van der Waals surface area contributed by atoms with Crippen molar-refractivity contribution in [2.24, 2.45) is 0 Å². The van der Waals surface area contributed by atoms with Crippen molar-refractivity contribution in [1.29, 1.82) is 0 Å². The quantitative estimate of drug-likeness (QED) is 0.339. The van der Waals surface area contributed by atoms with Crippen LogP contribution in [-0.2, 0) is 22.6 Å². The fraction of sp³-hybridized carbons (Fsp3) is 0.360. The van der Waals surface area contributed by atoms with Crippen LogP contribution < -0.4 is 9.64 Å². The summed E-state index contributed by atoms with van der Waals surface area (Å²) in [6.07, 6.45) is 3.20. The molecule has 35 heavy (non-hydrogen) atoms. The van der Waals surface area contributed by atoms with Crippen molar-refractivity contribution in [2.45, 2.75) is 46.3 Å². The number of rotatable bonds is 9. The highest BCUT2D eigenvalue weighted by Crippen LogP contribution is 2.33. The first-order valence-electron chi connectivity index (χ1n) is 11.2. The normalized spacial score (nSPS) is 15.1. The Morgan fingerprint density at radius 1 is 1.20 bits per heavy atom. The summed E-state index contributed by atoms with van der Waals surface area (Å²) in [6, 6.07) is 6.97. The molecule has 1 aliphatic heterocycles. The molecule has 10 heteroatoms. The van der Waals surface area contributed by atoms with Crippen LogP contribution in [0.5, 0.6) is 5.75 Å². The zero-order chi connectivity index (χ0) is 25.3. The first-order chi connectivity index (χ1) is 16.6. The van der Waals surface area contributed by atoms with Crippen LogP contribution in [-0.4, -0.2) is 51.0 Å². The number of anilines is 1. The van der Waals surface area contributed by atoms with Crippen molar-refractivity contribution in [1.82, 2.24) is 19.8 Å². The van der Waals surface area contributed by atoms with Gasteiger partial charge in [-0.3, -0.25) is 9.48 Å². The summed E-state index contributed by atoms with van der Waals surface area (Å²) in [4.78, 5) is 29.5. The second-order valence-corrected chi connectivity index (χ2v) is 8.95. The van der Waals surface area contributed by atoms with Crippen molar-refractivity contribution in [3.8, 4) is 5.75 Å². The summed E-state index contributed by atoms with van der Waals surface area (Å²) in [5, 5.41) is 8.30. The third-order valence-electron chi connectivity index (χ3n) is 6.13. The molecule has 1 aliphatic rings. The molecule has 3 aromatic rings. The number of carbonyl (C=O) groups excluding carboxylic acids is 2. The lowest BCUT2D eigenvalue weighted by atomic mass is 10.0. The predicted octanol–water partition coefficient (Wildman–Crippen LogP) is 3.82. The number of urea groups is 1. The smallest absolute Gasteiger partial charge is 0.332 e. The summed E-state index contributed by atoms with van der Waals surface area (Å²) in [6.45, 7) is 11.8. The molecule has 0 bridgehead atoms. The van der Waals surface area contributed by atoms with Crippen LogP contribution in [0.3, 0.4) is 0 Å². The fourth-order valence-corrected chi connectivity index (χ4v) is 3.91. The molecule has 0 aliphatic carbocycles. The van der Waals surface area contributed by atoms with Gasteiger partial charge in [0.05, 0.1) is 31.2 Å². The number of carbonyl (C=O) groups is 2. The lowest BCUT2D eigenvalue weighted by molar-refractivity contribution is -0.123. The fourth-order valence-electron chi connectivity index (χ4n) is 3.91. The standard InChI is InChI=1S/C25H29N5O5/c1-16(33-6)15-34-21-9-7-8-19(10-21)12-29-24(32)30(23(31)25(29,4)5)20-11-26-28(13-20)14-22-17(2)27-35-18(22)3/h7-11,13H,1,12,14-15H2,2-6H3. The van der Waals surface area contributed by atoms with E-state index in [4.69, 9.17) is 14.0 Å². The minimum absolute atomic E-state index is 0.221. The van der Waals surface area contributed by atoms with Crippen LogP contribution >= 0.6 is 0 Å². The lowest BCUT2D eigenvalue weighted by Crippen LogP contribution is -2.43. The number of imide groups is 1. The van der Waals surface area contributed by atoms with E-state index in [1.165, 1.54) is 18.2 Å². The Balaban J connectivity index is 1.52. The van der Waals surface area contributed by atoms with Gasteiger partial charge >= 0.3 is 6.03 Å². The van der Waals surface area contributed by atoms with E-state index in [1.807, 2.05) is 38.1 Å². The van der Waals surface area contributed by atoms with Crippen LogP contribution in [0.4, 0.5) is 10.5 Å². The van der Waals surface area contributed by atoms with Gasteiger partial charge in [-0.1, -0.05) is 23.9 Å².